The van der Waals surface area contributed by atoms with Crippen LogP contribution in [-0.2, 0) is 20.4 Å². The smallest absolute Gasteiger partial charge is 0.308 e. The molecule has 0 amide bonds. The van der Waals surface area contributed by atoms with Gasteiger partial charge in [0.2, 0.25) is 0 Å². The summed E-state index contributed by atoms with van der Waals surface area (Å²) in [6, 6.07) is 16.1. The zero-order valence-electron chi connectivity index (χ0n) is 18.1. The summed E-state index contributed by atoms with van der Waals surface area (Å²) in [5.41, 5.74) is 3.81. The van der Waals surface area contributed by atoms with Crippen LogP contribution in [0, 0.1) is 11.8 Å². The van der Waals surface area contributed by atoms with Crippen molar-refractivity contribution in [1.82, 2.24) is 0 Å². The van der Waals surface area contributed by atoms with E-state index in [9.17, 15) is 9.59 Å². The van der Waals surface area contributed by atoms with Gasteiger partial charge in [-0.3, -0.25) is 9.59 Å². The van der Waals surface area contributed by atoms with Crippen LogP contribution >= 0.6 is 0 Å². The van der Waals surface area contributed by atoms with Crippen molar-refractivity contribution < 1.29 is 19.1 Å². The molecule has 4 nitrogen and oxygen atoms in total. The van der Waals surface area contributed by atoms with Gasteiger partial charge in [0.25, 0.3) is 0 Å². The molecule has 0 N–H and O–H groups in total. The predicted octanol–water partition coefficient (Wildman–Crippen LogP) is 5.49. The third-order valence-electron chi connectivity index (χ3n) is 7.71. The van der Waals surface area contributed by atoms with Gasteiger partial charge < -0.3 is 9.47 Å². The SMILES string of the molecule is C=C1C2(c3ccc(OC(C)=O)cc3)CC3CC(C2)CC1(c1ccc(OC(C)=O)cc1)C3. The average molecular weight is 417 g/mol. The normalized spacial score (nSPS) is 30.8. The standard InChI is InChI=1S/C27H28O4/c1-17-26(22-4-8-24(9-5-22)30-18(2)28)13-20-12-21(14-26)16-27(17,15-20)23-6-10-25(11-7-23)31-19(3)29/h4-11,20-21H,1,12-16H2,2-3H3. The first-order valence-electron chi connectivity index (χ1n) is 11.1. The number of allylic oxidation sites excluding steroid dienone is 1. The molecule has 0 unspecified atom stereocenters. The van der Waals surface area contributed by atoms with Crippen LogP contribution < -0.4 is 9.47 Å². The van der Waals surface area contributed by atoms with Gasteiger partial charge >= 0.3 is 11.9 Å². The number of hydrogen-bond donors (Lipinski definition) is 0. The number of benzene rings is 2. The average Bonchev–Trinajstić information content (AvgIpc) is 2.71. The van der Waals surface area contributed by atoms with E-state index in [1.54, 1.807) is 0 Å². The molecule has 0 atom stereocenters. The van der Waals surface area contributed by atoms with Crippen molar-refractivity contribution in [2.75, 3.05) is 0 Å². The van der Waals surface area contributed by atoms with E-state index in [1.165, 1.54) is 37.0 Å². The maximum Gasteiger partial charge on any atom is 0.308 e. The van der Waals surface area contributed by atoms with Gasteiger partial charge in [-0.1, -0.05) is 36.4 Å². The Hall–Kier alpha value is -2.88. The first-order chi connectivity index (χ1) is 14.8. The first-order valence-corrected chi connectivity index (χ1v) is 11.1. The molecule has 4 fully saturated rings. The number of carbonyl (C=O) groups is 2. The van der Waals surface area contributed by atoms with Crippen molar-refractivity contribution in [3.63, 3.8) is 0 Å². The lowest BCUT2D eigenvalue weighted by atomic mass is 9.40. The van der Waals surface area contributed by atoms with Crippen molar-refractivity contribution in [3.8, 4) is 11.5 Å². The number of ether oxygens (including phenoxy) is 2. The largest absolute Gasteiger partial charge is 0.427 e. The zero-order chi connectivity index (χ0) is 21.8. The van der Waals surface area contributed by atoms with Crippen LogP contribution in [0.25, 0.3) is 0 Å². The Kier molecular flexibility index (Phi) is 4.58. The van der Waals surface area contributed by atoms with E-state index < -0.39 is 0 Å². The molecule has 6 rings (SSSR count). The summed E-state index contributed by atoms with van der Waals surface area (Å²) >= 11 is 0. The highest BCUT2D eigenvalue weighted by Crippen LogP contribution is 2.68. The molecule has 4 bridgehead atoms. The monoisotopic (exact) mass is 416 g/mol. The topological polar surface area (TPSA) is 52.6 Å². The summed E-state index contributed by atoms with van der Waals surface area (Å²) in [6.07, 6.45) is 5.87. The van der Waals surface area contributed by atoms with Crippen molar-refractivity contribution >= 4 is 11.9 Å². The second kappa shape index (κ2) is 7.08. The second-order valence-corrected chi connectivity index (χ2v) is 9.66. The van der Waals surface area contributed by atoms with Crippen LogP contribution in [-0.4, -0.2) is 11.9 Å². The molecule has 2 aromatic carbocycles. The van der Waals surface area contributed by atoms with Gasteiger partial charge in [-0.25, -0.2) is 0 Å². The third-order valence-corrected chi connectivity index (χ3v) is 7.71. The Morgan fingerprint density at radius 1 is 0.742 bits per heavy atom. The maximum atomic E-state index is 11.3. The Bertz CT molecular complexity index is 952. The number of rotatable bonds is 4. The third kappa shape index (κ3) is 3.20. The minimum absolute atomic E-state index is 0.0343. The highest BCUT2D eigenvalue weighted by atomic mass is 16.5. The van der Waals surface area contributed by atoms with Crippen molar-refractivity contribution in [3.05, 3.63) is 71.8 Å². The molecular weight excluding hydrogens is 388 g/mol. The van der Waals surface area contributed by atoms with Crippen LogP contribution in [0.4, 0.5) is 0 Å². The Labute approximate surface area is 183 Å². The first kappa shape index (κ1) is 20.0. The summed E-state index contributed by atoms with van der Waals surface area (Å²) in [7, 11) is 0. The van der Waals surface area contributed by atoms with Crippen LogP contribution in [0.2, 0.25) is 0 Å². The number of carbonyl (C=O) groups excluding carboxylic acids is 2. The van der Waals surface area contributed by atoms with Gasteiger partial charge in [-0.05, 0) is 79.3 Å². The molecule has 0 radical (unpaired) electrons. The molecule has 2 aromatic rings. The fraction of sp³-hybridized carbons (Fsp3) is 0.407. The molecule has 4 aliphatic rings. The molecule has 31 heavy (non-hydrogen) atoms. The highest BCUT2D eigenvalue weighted by Gasteiger charge is 2.61. The molecule has 0 spiro atoms. The lowest BCUT2D eigenvalue weighted by molar-refractivity contribution is -0.132. The van der Waals surface area contributed by atoms with E-state index in [2.05, 4.69) is 24.3 Å². The van der Waals surface area contributed by atoms with E-state index in [4.69, 9.17) is 16.1 Å². The zero-order valence-corrected chi connectivity index (χ0v) is 18.1. The van der Waals surface area contributed by atoms with E-state index in [1.807, 2.05) is 24.3 Å². The Balaban J connectivity index is 1.52. The van der Waals surface area contributed by atoms with Gasteiger partial charge in [0.15, 0.2) is 0 Å². The fourth-order valence-corrected chi connectivity index (χ4v) is 6.87. The van der Waals surface area contributed by atoms with Gasteiger partial charge in [0.1, 0.15) is 11.5 Å². The summed E-state index contributed by atoms with van der Waals surface area (Å²) in [5.74, 6) is 1.93. The molecule has 0 saturated heterocycles. The van der Waals surface area contributed by atoms with Gasteiger partial charge in [-0.15, -0.1) is 0 Å². The Morgan fingerprint density at radius 3 is 1.42 bits per heavy atom. The number of hydrogen-bond acceptors (Lipinski definition) is 4. The molecule has 4 aliphatic carbocycles. The highest BCUT2D eigenvalue weighted by molar-refractivity contribution is 5.70. The van der Waals surface area contributed by atoms with Crippen LogP contribution in [0.5, 0.6) is 11.5 Å². The second-order valence-electron chi connectivity index (χ2n) is 9.66. The number of esters is 2. The van der Waals surface area contributed by atoms with Gasteiger partial charge in [-0.2, -0.15) is 0 Å². The molecule has 0 heterocycles. The van der Waals surface area contributed by atoms with E-state index >= 15 is 0 Å². The van der Waals surface area contributed by atoms with Crippen LogP contribution in [0.1, 0.15) is 57.1 Å². The van der Waals surface area contributed by atoms with Crippen LogP contribution in [0.15, 0.2) is 60.7 Å². The van der Waals surface area contributed by atoms with E-state index in [0.717, 1.165) is 25.7 Å². The molecule has 0 aromatic heterocycles. The molecule has 4 heteroatoms. The molecular formula is C27H28O4. The minimum atomic E-state index is -0.303. The Morgan fingerprint density at radius 2 is 1.10 bits per heavy atom. The van der Waals surface area contributed by atoms with Crippen molar-refractivity contribution in [2.24, 2.45) is 11.8 Å². The molecule has 0 aliphatic heterocycles. The van der Waals surface area contributed by atoms with E-state index in [0.29, 0.717) is 23.3 Å². The van der Waals surface area contributed by atoms with Gasteiger partial charge in [0.05, 0.1) is 0 Å². The lowest BCUT2D eigenvalue weighted by Crippen LogP contribution is -2.57. The quantitative estimate of drug-likeness (QED) is 0.376. The minimum Gasteiger partial charge on any atom is -0.427 e. The lowest BCUT2D eigenvalue weighted by Gasteiger charge is -2.64. The predicted molar refractivity (Wildman–Crippen MR) is 118 cm³/mol. The molecule has 4 saturated carbocycles. The fourth-order valence-electron chi connectivity index (χ4n) is 6.87. The summed E-state index contributed by atoms with van der Waals surface area (Å²) in [6.45, 7) is 7.57. The summed E-state index contributed by atoms with van der Waals surface area (Å²) in [5, 5.41) is 0. The maximum absolute atomic E-state index is 11.3. The van der Waals surface area contributed by atoms with Gasteiger partial charge in [0, 0.05) is 24.7 Å². The van der Waals surface area contributed by atoms with Crippen molar-refractivity contribution in [2.45, 2.75) is 56.8 Å². The summed E-state index contributed by atoms with van der Waals surface area (Å²) in [4.78, 5) is 22.6. The molecule has 160 valence electrons. The summed E-state index contributed by atoms with van der Waals surface area (Å²) < 4.78 is 10.5. The van der Waals surface area contributed by atoms with E-state index in [-0.39, 0.29) is 22.8 Å². The van der Waals surface area contributed by atoms with Crippen LogP contribution in [0.3, 0.4) is 0 Å². The van der Waals surface area contributed by atoms with Crippen molar-refractivity contribution in [1.29, 1.82) is 0 Å².